The molecule has 1 heterocycles. The maximum atomic E-state index is 13.8. The molecule has 1 aliphatic rings. The number of benzene rings is 2. The van der Waals surface area contributed by atoms with Crippen molar-refractivity contribution in [3.05, 3.63) is 71.5 Å². The van der Waals surface area contributed by atoms with Crippen molar-refractivity contribution in [1.82, 2.24) is 4.90 Å². The standard InChI is InChI=1S/C22H29FN2O/c23-22-11-5-4-9-19(22)15-20(24)12-14-25-13-6-10-21(25)17-26-16-18-7-2-1-3-8-18/h1-5,7-9,11,20-21H,6,10,12-17,24H2/t20-,21-/m0/s1. The monoisotopic (exact) mass is 356 g/mol. The number of hydrogen-bond donors (Lipinski definition) is 1. The molecular weight excluding hydrogens is 327 g/mol. The minimum Gasteiger partial charge on any atom is -0.375 e. The lowest BCUT2D eigenvalue weighted by atomic mass is 10.0. The molecule has 1 aliphatic heterocycles. The second-order valence-electron chi connectivity index (χ2n) is 7.18. The van der Waals surface area contributed by atoms with Crippen LogP contribution in [-0.4, -0.2) is 36.7 Å². The largest absolute Gasteiger partial charge is 0.375 e. The fourth-order valence-electron chi connectivity index (χ4n) is 3.65. The first kappa shape index (κ1) is 19.0. The second-order valence-corrected chi connectivity index (χ2v) is 7.18. The minimum atomic E-state index is -0.156. The Morgan fingerprint density at radius 3 is 2.69 bits per heavy atom. The van der Waals surface area contributed by atoms with Crippen molar-refractivity contribution in [3.8, 4) is 0 Å². The fraction of sp³-hybridized carbons (Fsp3) is 0.455. The molecule has 26 heavy (non-hydrogen) atoms. The highest BCUT2D eigenvalue weighted by molar-refractivity contribution is 5.18. The zero-order valence-electron chi connectivity index (χ0n) is 15.3. The van der Waals surface area contributed by atoms with Gasteiger partial charge in [-0.05, 0) is 49.4 Å². The summed E-state index contributed by atoms with van der Waals surface area (Å²) in [6.45, 7) is 3.48. The Hall–Kier alpha value is -1.75. The zero-order valence-corrected chi connectivity index (χ0v) is 15.3. The van der Waals surface area contributed by atoms with Crippen LogP contribution in [0.25, 0.3) is 0 Å². The lowest BCUT2D eigenvalue weighted by Crippen LogP contribution is -2.37. The van der Waals surface area contributed by atoms with Gasteiger partial charge in [0, 0.05) is 18.6 Å². The van der Waals surface area contributed by atoms with Gasteiger partial charge in [0.2, 0.25) is 0 Å². The van der Waals surface area contributed by atoms with Gasteiger partial charge in [-0.25, -0.2) is 4.39 Å². The molecule has 2 N–H and O–H groups in total. The summed E-state index contributed by atoms with van der Waals surface area (Å²) in [6.07, 6.45) is 3.86. The Balaban J connectivity index is 1.40. The molecule has 1 fully saturated rings. The van der Waals surface area contributed by atoms with E-state index in [-0.39, 0.29) is 11.9 Å². The van der Waals surface area contributed by atoms with Gasteiger partial charge in [-0.2, -0.15) is 0 Å². The smallest absolute Gasteiger partial charge is 0.126 e. The molecule has 0 spiro atoms. The molecule has 3 nitrogen and oxygen atoms in total. The van der Waals surface area contributed by atoms with Gasteiger partial charge in [0.05, 0.1) is 13.2 Å². The van der Waals surface area contributed by atoms with Gasteiger partial charge in [-0.3, -0.25) is 4.90 Å². The van der Waals surface area contributed by atoms with Gasteiger partial charge < -0.3 is 10.5 Å². The highest BCUT2D eigenvalue weighted by atomic mass is 19.1. The Kier molecular flexibility index (Phi) is 7.18. The van der Waals surface area contributed by atoms with Crippen LogP contribution < -0.4 is 5.73 Å². The van der Waals surface area contributed by atoms with Gasteiger partial charge >= 0.3 is 0 Å². The number of halogens is 1. The molecule has 1 saturated heterocycles. The molecule has 0 amide bonds. The zero-order chi connectivity index (χ0) is 18.2. The Morgan fingerprint density at radius 1 is 1.12 bits per heavy atom. The number of ether oxygens (including phenoxy) is 1. The van der Waals surface area contributed by atoms with Crippen molar-refractivity contribution in [2.45, 2.75) is 44.4 Å². The second kappa shape index (κ2) is 9.81. The van der Waals surface area contributed by atoms with Crippen LogP contribution in [0, 0.1) is 5.82 Å². The van der Waals surface area contributed by atoms with E-state index >= 15 is 0 Å². The van der Waals surface area contributed by atoms with Crippen molar-refractivity contribution in [3.63, 3.8) is 0 Å². The van der Waals surface area contributed by atoms with E-state index in [1.165, 1.54) is 24.5 Å². The normalized spacial score (nSPS) is 18.9. The number of hydrogen-bond acceptors (Lipinski definition) is 3. The van der Waals surface area contributed by atoms with Crippen LogP contribution >= 0.6 is 0 Å². The first-order valence-electron chi connectivity index (χ1n) is 9.57. The molecule has 3 rings (SSSR count). The van der Waals surface area contributed by atoms with E-state index in [1.54, 1.807) is 6.07 Å². The number of nitrogens with two attached hydrogens (primary N) is 1. The summed E-state index contributed by atoms with van der Waals surface area (Å²) in [7, 11) is 0. The average Bonchev–Trinajstić information content (AvgIpc) is 3.10. The summed E-state index contributed by atoms with van der Waals surface area (Å²) < 4.78 is 19.7. The quantitative estimate of drug-likeness (QED) is 0.743. The minimum absolute atomic E-state index is 0.0154. The van der Waals surface area contributed by atoms with Crippen molar-refractivity contribution in [2.75, 3.05) is 19.7 Å². The fourth-order valence-corrected chi connectivity index (χ4v) is 3.65. The third-order valence-electron chi connectivity index (χ3n) is 5.15. The van der Waals surface area contributed by atoms with E-state index in [0.717, 1.165) is 26.1 Å². The number of likely N-dealkylation sites (tertiary alicyclic amines) is 1. The lowest BCUT2D eigenvalue weighted by molar-refractivity contribution is 0.0658. The Labute approximate surface area is 156 Å². The maximum Gasteiger partial charge on any atom is 0.126 e. The molecule has 4 heteroatoms. The van der Waals surface area contributed by atoms with E-state index in [2.05, 4.69) is 17.0 Å². The predicted molar refractivity (Wildman–Crippen MR) is 103 cm³/mol. The van der Waals surface area contributed by atoms with Crippen molar-refractivity contribution < 1.29 is 9.13 Å². The Morgan fingerprint density at radius 2 is 1.88 bits per heavy atom. The van der Waals surface area contributed by atoms with Crippen LogP contribution in [0.5, 0.6) is 0 Å². The maximum absolute atomic E-state index is 13.8. The predicted octanol–water partition coefficient (Wildman–Crippen LogP) is 3.77. The van der Waals surface area contributed by atoms with Crippen LogP contribution in [0.1, 0.15) is 30.4 Å². The summed E-state index contributed by atoms with van der Waals surface area (Å²) in [5.74, 6) is -0.156. The molecule has 2 atom stereocenters. The summed E-state index contributed by atoms with van der Waals surface area (Å²) in [5.41, 5.74) is 8.17. The van der Waals surface area contributed by atoms with Gasteiger partial charge in [0.15, 0.2) is 0 Å². The number of rotatable bonds is 9. The average molecular weight is 356 g/mol. The van der Waals surface area contributed by atoms with Crippen LogP contribution in [0.2, 0.25) is 0 Å². The van der Waals surface area contributed by atoms with Crippen molar-refractivity contribution in [2.24, 2.45) is 5.73 Å². The topological polar surface area (TPSA) is 38.5 Å². The van der Waals surface area contributed by atoms with Crippen LogP contribution in [-0.2, 0) is 17.8 Å². The van der Waals surface area contributed by atoms with Crippen LogP contribution in [0.4, 0.5) is 4.39 Å². The van der Waals surface area contributed by atoms with Gasteiger partial charge in [0.25, 0.3) is 0 Å². The molecule has 0 aromatic heterocycles. The SMILES string of the molecule is N[C@@H](CCN1CCC[C@H]1COCc1ccccc1)Cc1ccccc1F. The van der Waals surface area contributed by atoms with E-state index in [9.17, 15) is 4.39 Å². The molecule has 2 aromatic rings. The summed E-state index contributed by atoms with van der Waals surface area (Å²) in [6, 6.07) is 17.6. The van der Waals surface area contributed by atoms with Gasteiger partial charge in [-0.1, -0.05) is 48.5 Å². The summed E-state index contributed by atoms with van der Waals surface area (Å²) in [4.78, 5) is 2.48. The highest BCUT2D eigenvalue weighted by Gasteiger charge is 2.24. The highest BCUT2D eigenvalue weighted by Crippen LogP contribution is 2.19. The molecule has 0 radical (unpaired) electrons. The summed E-state index contributed by atoms with van der Waals surface area (Å²) >= 11 is 0. The van der Waals surface area contributed by atoms with E-state index in [4.69, 9.17) is 10.5 Å². The molecule has 0 saturated carbocycles. The molecular formula is C22H29FN2O. The molecule has 140 valence electrons. The molecule has 0 aliphatic carbocycles. The lowest BCUT2D eigenvalue weighted by Gasteiger charge is -2.25. The Bertz CT molecular complexity index is 664. The van der Waals surface area contributed by atoms with Crippen molar-refractivity contribution in [1.29, 1.82) is 0 Å². The molecule has 2 aromatic carbocycles. The van der Waals surface area contributed by atoms with Crippen molar-refractivity contribution >= 4 is 0 Å². The molecule has 0 unspecified atom stereocenters. The third-order valence-corrected chi connectivity index (χ3v) is 5.15. The summed E-state index contributed by atoms with van der Waals surface area (Å²) in [5, 5.41) is 0. The van der Waals surface area contributed by atoms with E-state index in [0.29, 0.717) is 24.6 Å². The van der Waals surface area contributed by atoms with E-state index < -0.39 is 0 Å². The number of nitrogens with zero attached hydrogens (tertiary/aromatic N) is 1. The first-order chi connectivity index (χ1) is 12.7. The van der Waals surface area contributed by atoms with E-state index in [1.807, 2.05) is 30.3 Å². The van der Waals surface area contributed by atoms with Crippen LogP contribution in [0.15, 0.2) is 54.6 Å². The van der Waals surface area contributed by atoms with Crippen LogP contribution in [0.3, 0.4) is 0 Å². The first-order valence-corrected chi connectivity index (χ1v) is 9.57. The van der Waals surface area contributed by atoms with Gasteiger partial charge in [0.1, 0.15) is 5.82 Å². The van der Waals surface area contributed by atoms with Gasteiger partial charge in [-0.15, -0.1) is 0 Å². The third kappa shape index (κ3) is 5.63. The molecule has 0 bridgehead atoms.